The van der Waals surface area contributed by atoms with Gasteiger partial charge in [0.05, 0.1) is 32.2 Å². The number of aromatic nitrogens is 2. The van der Waals surface area contributed by atoms with Gasteiger partial charge in [-0.05, 0) is 70.7 Å². The molecular formula is C34H45ClF3N6O12P. The summed E-state index contributed by atoms with van der Waals surface area (Å²) in [6.45, 7) is 11.5. The molecule has 0 radical (unpaired) electrons. The molecule has 3 rings (SSSR count). The zero-order valence-electron chi connectivity index (χ0n) is 32.2. The fourth-order valence-corrected chi connectivity index (χ4v) is 5.77. The van der Waals surface area contributed by atoms with Crippen LogP contribution in [0.25, 0.3) is 5.69 Å². The highest BCUT2D eigenvalue weighted by atomic mass is 35.5. The predicted molar refractivity (Wildman–Crippen MR) is 206 cm³/mol. The Morgan fingerprint density at radius 2 is 1.63 bits per heavy atom. The van der Waals surface area contributed by atoms with Crippen LogP contribution in [-0.4, -0.2) is 71.9 Å². The Kier molecular flexibility index (Phi) is 18.3. The summed E-state index contributed by atoms with van der Waals surface area (Å²) >= 11 is 5.94. The maximum atomic E-state index is 12.9. The number of carbonyl (C=O) groups is 2. The van der Waals surface area contributed by atoms with Gasteiger partial charge in [-0.2, -0.15) is 13.2 Å². The summed E-state index contributed by atoms with van der Waals surface area (Å²) in [6, 6.07) is 4.23. The fraction of sp³-hybridized carbons (Fsp3) is 0.471. The van der Waals surface area contributed by atoms with Crippen LogP contribution in [0.1, 0.15) is 74.1 Å². The molecule has 0 aliphatic rings. The standard InChI is InChI=1S/C16H14ClF3N2O4.C13H19N3O4.C5H12NO4P/c1-8(2)26-14(24)10-6-9(4-5-11(10)17)22-13(23)7-12(16(18,19)20)21(3)15(22)25;1-5-10(6-2)14-12-11(15(17)18)7-8(3)9(4)13(12)16(19)20;1-11(9,10)3-2-4(6)5(7)8/h4-8H,1-3H3;7,10,14H,5-6H2,1-4H3;4H,2-3,6H2,1H3,(H,7,8)(H,9,10). The second-order valence-corrected chi connectivity index (χ2v) is 15.9. The van der Waals surface area contributed by atoms with Crippen molar-refractivity contribution in [2.75, 3.05) is 18.1 Å². The zero-order chi connectivity index (χ0) is 44.3. The van der Waals surface area contributed by atoms with Crippen molar-refractivity contribution in [1.29, 1.82) is 0 Å². The van der Waals surface area contributed by atoms with Crippen LogP contribution in [0.3, 0.4) is 0 Å². The van der Waals surface area contributed by atoms with E-state index in [1.165, 1.54) is 24.9 Å². The number of esters is 1. The third-order valence-electron chi connectivity index (χ3n) is 8.06. The van der Waals surface area contributed by atoms with Crippen LogP contribution in [0.2, 0.25) is 5.02 Å². The Morgan fingerprint density at radius 1 is 1.07 bits per heavy atom. The van der Waals surface area contributed by atoms with E-state index in [4.69, 9.17) is 32.1 Å². The molecule has 2 atom stereocenters. The number of nitrogens with two attached hydrogens (primary N) is 1. The fourth-order valence-electron chi connectivity index (χ4n) is 4.82. The number of carboxylic acids is 1. The molecule has 5 N–H and O–H groups in total. The third-order valence-corrected chi connectivity index (χ3v) is 9.48. The van der Waals surface area contributed by atoms with E-state index in [1.807, 2.05) is 13.8 Å². The maximum Gasteiger partial charge on any atom is 0.431 e. The molecule has 3 aromatic rings. The minimum atomic E-state index is -4.86. The Balaban J connectivity index is 0.000000464. The number of rotatable bonds is 13. The minimum Gasteiger partial charge on any atom is -0.480 e. The van der Waals surface area contributed by atoms with Gasteiger partial charge in [-0.3, -0.25) is 38.9 Å². The normalized spacial score (nSPS) is 12.7. The summed E-state index contributed by atoms with van der Waals surface area (Å²) < 4.78 is 55.2. The number of ether oxygens (including phenoxy) is 1. The molecule has 0 saturated heterocycles. The molecule has 0 fully saturated rings. The molecule has 0 amide bonds. The number of carbonyl (C=O) groups excluding carboxylic acids is 1. The number of carboxylic acid groups (broad SMARTS) is 1. The van der Waals surface area contributed by atoms with Crippen molar-refractivity contribution in [2.24, 2.45) is 12.8 Å². The van der Waals surface area contributed by atoms with Crippen LogP contribution in [0.4, 0.5) is 30.2 Å². The predicted octanol–water partition coefficient (Wildman–Crippen LogP) is 6.18. The SMILES string of the molecule is CC(C)OC(=O)c1cc(-n2c(=O)cc(C(F)(F)F)n(C)c2=O)ccc1Cl.CCC(CC)Nc1c([N+](=O)[O-])cc(C)c(C)c1[N+](=O)[O-].CP(=O)(O)CCC(N)C(=O)O. The van der Waals surface area contributed by atoms with Crippen LogP contribution in [0.5, 0.6) is 0 Å². The lowest BCUT2D eigenvalue weighted by molar-refractivity contribution is -0.392. The van der Waals surface area contributed by atoms with Gasteiger partial charge in [-0.15, -0.1) is 0 Å². The number of hydrogen-bond donors (Lipinski definition) is 4. The average molecular weight is 853 g/mol. The first-order valence-corrected chi connectivity index (χ1v) is 19.6. The van der Waals surface area contributed by atoms with Crippen molar-refractivity contribution in [2.45, 2.75) is 85.2 Å². The quantitative estimate of drug-likeness (QED) is 0.0647. The number of benzene rings is 2. The van der Waals surface area contributed by atoms with E-state index >= 15 is 0 Å². The molecule has 2 aromatic carbocycles. The van der Waals surface area contributed by atoms with Crippen molar-refractivity contribution >= 4 is 48.0 Å². The number of nitrogens with zero attached hydrogens (tertiary/aromatic N) is 4. The molecular weight excluding hydrogens is 808 g/mol. The molecule has 23 heteroatoms. The average Bonchev–Trinajstić information content (AvgIpc) is 3.08. The van der Waals surface area contributed by atoms with Gasteiger partial charge in [0.2, 0.25) is 0 Å². The van der Waals surface area contributed by atoms with Crippen molar-refractivity contribution in [3.05, 3.63) is 98.8 Å². The molecule has 57 heavy (non-hydrogen) atoms. The van der Waals surface area contributed by atoms with Crippen LogP contribution in [-0.2, 0) is 27.3 Å². The highest BCUT2D eigenvalue weighted by Crippen LogP contribution is 2.40. The van der Waals surface area contributed by atoms with Crippen molar-refractivity contribution in [3.8, 4) is 5.69 Å². The van der Waals surface area contributed by atoms with Gasteiger partial charge in [0.1, 0.15) is 11.7 Å². The van der Waals surface area contributed by atoms with E-state index in [9.17, 15) is 57.1 Å². The van der Waals surface area contributed by atoms with E-state index in [0.29, 0.717) is 26.3 Å². The summed E-state index contributed by atoms with van der Waals surface area (Å²) in [5, 5.41) is 33.7. The first-order valence-electron chi connectivity index (χ1n) is 17.0. The van der Waals surface area contributed by atoms with E-state index in [1.54, 1.807) is 27.7 Å². The molecule has 2 unspecified atom stereocenters. The van der Waals surface area contributed by atoms with Crippen molar-refractivity contribution < 1.29 is 51.9 Å². The summed E-state index contributed by atoms with van der Waals surface area (Å²) in [5.41, 5.74) is 1.64. The molecule has 18 nitrogen and oxygen atoms in total. The number of nitro benzene ring substituents is 2. The highest BCUT2D eigenvalue weighted by Gasteiger charge is 2.35. The molecule has 1 heterocycles. The highest BCUT2D eigenvalue weighted by molar-refractivity contribution is 7.57. The Morgan fingerprint density at radius 3 is 2.07 bits per heavy atom. The van der Waals surface area contributed by atoms with Gasteiger partial charge in [0.15, 0.2) is 13.1 Å². The topological polar surface area (TPSA) is 269 Å². The number of hydrogen-bond acceptors (Lipinski definition) is 12. The molecule has 0 aliphatic carbocycles. The second kappa shape index (κ2) is 20.9. The maximum absolute atomic E-state index is 12.9. The van der Waals surface area contributed by atoms with E-state index in [-0.39, 0.29) is 52.0 Å². The van der Waals surface area contributed by atoms with Gasteiger partial charge < -0.3 is 25.8 Å². The number of anilines is 1. The lowest BCUT2D eigenvalue weighted by atomic mass is 10.0. The largest absolute Gasteiger partial charge is 0.480 e. The summed E-state index contributed by atoms with van der Waals surface area (Å²) in [4.78, 5) is 76.6. The number of halogens is 4. The van der Waals surface area contributed by atoms with Gasteiger partial charge in [-0.1, -0.05) is 25.4 Å². The lowest BCUT2D eigenvalue weighted by Crippen LogP contribution is -2.40. The van der Waals surface area contributed by atoms with Crippen LogP contribution in [0, 0.1) is 34.1 Å². The molecule has 1 aromatic heterocycles. The molecule has 0 bridgehead atoms. The monoisotopic (exact) mass is 852 g/mol. The number of aryl methyl sites for hydroxylation is 1. The van der Waals surface area contributed by atoms with Gasteiger partial charge in [0.25, 0.3) is 11.2 Å². The summed E-state index contributed by atoms with van der Waals surface area (Å²) in [5.74, 6) is -1.93. The first kappa shape index (κ1) is 49.9. The third kappa shape index (κ3) is 14.4. The Hall–Kier alpha value is -5.11. The smallest absolute Gasteiger partial charge is 0.431 e. The number of aliphatic carboxylic acids is 1. The van der Waals surface area contributed by atoms with Gasteiger partial charge in [0, 0.05) is 43.6 Å². The lowest BCUT2D eigenvalue weighted by Gasteiger charge is -2.17. The van der Waals surface area contributed by atoms with Gasteiger partial charge >= 0.3 is 29.5 Å². The van der Waals surface area contributed by atoms with Crippen LogP contribution < -0.4 is 22.3 Å². The Bertz CT molecular complexity index is 2130. The molecule has 0 aliphatic heterocycles. The molecule has 0 saturated carbocycles. The molecule has 316 valence electrons. The number of nitro groups is 2. The second-order valence-electron chi connectivity index (χ2n) is 12.9. The van der Waals surface area contributed by atoms with Crippen LogP contribution >= 0.6 is 19.0 Å². The van der Waals surface area contributed by atoms with E-state index < -0.39 is 64.4 Å². The molecule has 0 spiro atoms. The van der Waals surface area contributed by atoms with E-state index in [0.717, 1.165) is 26.0 Å². The van der Waals surface area contributed by atoms with Crippen molar-refractivity contribution in [3.63, 3.8) is 0 Å². The van der Waals surface area contributed by atoms with Gasteiger partial charge in [-0.25, -0.2) is 14.2 Å². The first-order chi connectivity index (χ1) is 26.1. The number of nitrogens with one attached hydrogen (secondary N) is 1. The Labute approximate surface area is 329 Å². The van der Waals surface area contributed by atoms with Crippen LogP contribution in [0.15, 0.2) is 39.9 Å². The zero-order valence-corrected chi connectivity index (χ0v) is 33.9. The summed E-state index contributed by atoms with van der Waals surface area (Å²) in [7, 11) is -2.21. The summed E-state index contributed by atoms with van der Waals surface area (Å²) in [6.07, 6.45) is -3.84. The van der Waals surface area contributed by atoms with Crippen molar-refractivity contribution in [1.82, 2.24) is 9.13 Å². The minimum absolute atomic E-state index is 0.0104. The number of alkyl halides is 3. The van der Waals surface area contributed by atoms with E-state index in [2.05, 4.69) is 5.32 Å².